The second-order valence-electron chi connectivity index (χ2n) is 9.47. The van der Waals surface area contributed by atoms with Crippen LogP contribution in [-0.2, 0) is 4.79 Å². The first-order valence-corrected chi connectivity index (χ1v) is 13.9. The molecule has 0 aliphatic rings. The molecular weight excluding hydrogens is 398 g/mol. The van der Waals surface area contributed by atoms with Gasteiger partial charge in [-0.25, -0.2) is 0 Å². The molecule has 0 saturated heterocycles. The highest BCUT2D eigenvalue weighted by Gasteiger charge is 2.17. The Hall–Kier alpha value is -0.870. The normalized spacial score (nSPS) is 13.5. The molecule has 0 radical (unpaired) electrons. The summed E-state index contributed by atoms with van der Waals surface area (Å²) < 4.78 is 0. The average molecular weight is 454 g/mol. The van der Waals surface area contributed by atoms with Crippen molar-refractivity contribution in [3.05, 3.63) is 12.2 Å². The third-order valence-corrected chi connectivity index (χ3v) is 6.27. The summed E-state index contributed by atoms with van der Waals surface area (Å²) >= 11 is 0. The van der Waals surface area contributed by atoms with Gasteiger partial charge in [0.25, 0.3) is 0 Å². The summed E-state index contributed by atoms with van der Waals surface area (Å²) in [5, 5.41) is 22.6. The minimum atomic E-state index is -0.828. The molecule has 0 aromatic heterocycles. The van der Waals surface area contributed by atoms with E-state index in [9.17, 15) is 15.0 Å². The Balaban J connectivity index is 3.70. The van der Waals surface area contributed by atoms with Gasteiger partial charge in [-0.15, -0.1) is 0 Å². The molecule has 0 aliphatic carbocycles. The van der Waals surface area contributed by atoms with E-state index in [0.29, 0.717) is 6.42 Å². The van der Waals surface area contributed by atoms with Crippen molar-refractivity contribution in [2.24, 2.45) is 0 Å². The highest BCUT2D eigenvalue weighted by molar-refractivity contribution is 5.76. The zero-order chi connectivity index (χ0) is 23.7. The van der Waals surface area contributed by atoms with E-state index in [1.807, 2.05) is 6.08 Å². The molecule has 32 heavy (non-hydrogen) atoms. The molecule has 1 amide bonds. The van der Waals surface area contributed by atoms with Crippen LogP contribution in [0.25, 0.3) is 0 Å². The first-order valence-electron chi connectivity index (χ1n) is 13.9. The molecule has 190 valence electrons. The highest BCUT2D eigenvalue weighted by atomic mass is 16.3. The van der Waals surface area contributed by atoms with E-state index < -0.39 is 12.1 Å². The smallest absolute Gasteiger partial charge is 0.220 e. The SMILES string of the molecule is CCCCCCCCCCCCC/C=C/[C@H](O)[C@@H](CO)NC(=O)CCCCCCCCC. The highest BCUT2D eigenvalue weighted by Crippen LogP contribution is 2.12. The van der Waals surface area contributed by atoms with Crippen molar-refractivity contribution >= 4 is 5.91 Å². The van der Waals surface area contributed by atoms with E-state index in [-0.39, 0.29) is 12.5 Å². The molecule has 0 fully saturated rings. The first kappa shape index (κ1) is 31.1. The van der Waals surface area contributed by atoms with Crippen molar-refractivity contribution in [2.45, 2.75) is 154 Å². The Morgan fingerprint density at radius 1 is 0.719 bits per heavy atom. The van der Waals surface area contributed by atoms with Crippen LogP contribution in [0.5, 0.6) is 0 Å². The number of carbonyl (C=O) groups excluding carboxylic acids is 1. The summed E-state index contributed by atoms with van der Waals surface area (Å²) in [6.07, 6.45) is 27.1. The number of aliphatic hydroxyl groups is 2. The standard InChI is InChI=1S/C28H55NO3/c1-3-5-7-9-11-12-13-14-15-16-18-19-21-23-27(31)26(25-30)29-28(32)24-22-20-17-10-8-6-4-2/h21,23,26-27,30-31H,3-20,22,24-25H2,1-2H3,(H,29,32)/b23-21+/t26-,27+/m1/s1. The van der Waals surface area contributed by atoms with Gasteiger partial charge in [-0.3, -0.25) is 4.79 Å². The van der Waals surface area contributed by atoms with Gasteiger partial charge in [0.15, 0.2) is 0 Å². The lowest BCUT2D eigenvalue weighted by Crippen LogP contribution is -2.45. The fourth-order valence-corrected chi connectivity index (χ4v) is 4.06. The fraction of sp³-hybridized carbons (Fsp3) is 0.893. The molecule has 4 nitrogen and oxygen atoms in total. The zero-order valence-electron chi connectivity index (χ0n) is 21.5. The van der Waals surface area contributed by atoms with Gasteiger partial charge >= 0.3 is 0 Å². The van der Waals surface area contributed by atoms with Gasteiger partial charge in [-0.2, -0.15) is 0 Å². The van der Waals surface area contributed by atoms with Gasteiger partial charge in [0.2, 0.25) is 5.91 Å². The molecule has 0 aromatic carbocycles. The van der Waals surface area contributed by atoms with Gasteiger partial charge in [0.1, 0.15) is 0 Å². The van der Waals surface area contributed by atoms with Crippen LogP contribution in [0.1, 0.15) is 142 Å². The molecule has 0 spiro atoms. The lowest BCUT2D eigenvalue weighted by atomic mass is 10.0. The van der Waals surface area contributed by atoms with Crippen LogP contribution in [0.4, 0.5) is 0 Å². The molecule has 2 atom stereocenters. The third kappa shape index (κ3) is 21.0. The number of unbranched alkanes of at least 4 members (excludes halogenated alkanes) is 17. The van der Waals surface area contributed by atoms with Gasteiger partial charge < -0.3 is 15.5 Å². The minimum absolute atomic E-state index is 0.0737. The molecular formula is C28H55NO3. The Labute approximate surface area is 199 Å². The largest absolute Gasteiger partial charge is 0.394 e. The van der Waals surface area contributed by atoms with Gasteiger partial charge in [0, 0.05) is 6.42 Å². The number of amides is 1. The second-order valence-corrected chi connectivity index (χ2v) is 9.47. The van der Waals surface area contributed by atoms with Crippen molar-refractivity contribution in [3.8, 4) is 0 Å². The molecule has 0 aliphatic heterocycles. The zero-order valence-corrected chi connectivity index (χ0v) is 21.5. The predicted octanol–water partition coefficient (Wildman–Crippen LogP) is 7.22. The fourth-order valence-electron chi connectivity index (χ4n) is 4.06. The average Bonchev–Trinajstić information content (AvgIpc) is 2.79. The Morgan fingerprint density at radius 2 is 1.16 bits per heavy atom. The van der Waals surface area contributed by atoms with Crippen molar-refractivity contribution < 1.29 is 15.0 Å². The van der Waals surface area contributed by atoms with Crippen molar-refractivity contribution in [1.29, 1.82) is 0 Å². The lowest BCUT2D eigenvalue weighted by molar-refractivity contribution is -0.123. The molecule has 3 N–H and O–H groups in total. The van der Waals surface area contributed by atoms with Crippen LogP contribution in [-0.4, -0.2) is 34.9 Å². The van der Waals surface area contributed by atoms with E-state index in [1.54, 1.807) is 6.08 Å². The third-order valence-electron chi connectivity index (χ3n) is 6.27. The van der Waals surface area contributed by atoms with Crippen LogP contribution in [0, 0.1) is 0 Å². The number of aliphatic hydroxyl groups excluding tert-OH is 2. The number of allylic oxidation sites excluding steroid dienone is 1. The maximum atomic E-state index is 12.1. The number of carbonyl (C=O) groups is 1. The van der Waals surface area contributed by atoms with E-state index >= 15 is 0 Å². The van der Waals surface area contributed by atoms with Gasteiger partial charge in [-0.1, -0.05) is 129 Å². The van der Waals surface area contributed by atoms with Crippen LogP contribution in [0.15, 0.2) is 12.2 Å². The van der Waals surface area contributed by atoms with Crippen molar-refractivity contribution in [3.63, 3.8) is 0 Å². The summed E-state index contributed by atoms with van der Waals surface area (Å²) in [5.41, 5.74) is 0. The molecule has 0 rings (SSSR count). The summed E-state index contributed by atoms with van der Waals surface area (Å²) in [6.45, 7) is 4.23. The predicted molar refractivity (Wildman–Crippen MR) is 138 cm³/mol. The van der Waals surface area contributed by atoms with E-state index in [0.717, 1.165) is 25.7 Å². The van der Waals surface area contributed by atoms with Crippen LogP contribution < -0.4 is 5.32 Å². The lowest BCUT2D eigenvalue weighted by Gasteiger charge is -2.20. The first-order chi connectivity index (χ1) is 15.7. The monoisotopic (exact) mass is 453 g/mol. The van der Waals surface area contributed by atoms with E-state index in [1.165, 1.54) is 96.3 Å². The molecule has 0 bridgehead atoms. The number of nitrogens with one attached hydrogen (secondary N) is 1. The van der Waals surface area contributed by atoms with Gasteiger partial charge in [0.05, 0.1) is 18.8 Å². The molecule has 0 saturated carbocycles. The number of rotatable bonds is 24. The summed E-state index contributed by atoms with van der Waals surface area (Å²) in [7, 11) is 0. The van der Waals surface area contributed by atoms with Crippen molar-refractivity contribution in [1.82, 2.24) is 5.32 Å². The number of hydrogen-bond acceptors (Lipinski definition) is 3. The quantitative estimate of drug-likeness (QED) is 0.107. The Morgan fingerprint density at radius 3 is 1.62 bits per heavy atom. The minimum Gasteiger partial charge on any atom is -0.394 e. The maximum absolute atomic E-state index is 12.1. The summed E-state index contributed by atoms with van der Waals surface area (Å²) in [6, 6.07) is -0.611. The van der Waals surface area contributed by atoms with Crippen molar-refractivity contribution in [2.75, 3.05) is 6.61 Å². The maximum Gasteiger partial charge on any atom is 0.220 e. The molecule has 0 unspecified atom stereocenters. The topological polar surface area (TPSA) is 69.6 Å². The van der Waals surface area contributed by atoms with E-state index in [4.69, 9.17) is 0 Å². The van der Waals surface area contributed by atoms with Gasteiger partial charge in [-0.05, 0) is 19.3 Å². The molecule has 4 heteroatoms. The summed E-state index contributed by atoms with van der Waals surface area (Å²) in [4.78, 5) is 12.1. The van der Waals surface area contributed by atoms with E-state index in [2.05, 4.69) is 19.2 Å². The Kier molecular flexibility index (Phi) is 24.1. The molecule has 0 heterocycles. The summed E-state index contributed by atoms with van der Waals surface area (Å²) in [5.74, 6) is -0.0737. The molecule has 0 aromatic rings. The number of hydrogen-bond donors (Lipinski definition) is 3. The van der Waals surface area contributed by atoms with Crippen LogP contribution >= 0.6 is 0 Å². The van der Waals surface area contributed by atoms with Crippen LogP contribution in [0.2, 0.25) is 0 Å². The van der Waals surface area contributed by atoms with Crippen LogP contribution in [0.3, 0.4) is 0 Å². The second kappa shape index (κ2) is 24.8. The Bertz CT molecular complexity index is 425.